The number of hydrogen-bond acceptors (Lipinski definition) is 2. The van der Waals surface area contributed by atoms with Crippen molar-refractivity contribution in [2.24, 2.45) is 0 Å². The van der Waals surface area contributed by atoms with Crippen LogP contribution in [0.4, 0.5) is 5.69 Å². The number of carbonyl (C=O) groups is 1. The van der Waals surface area contributed by atoms with E-state index in [2.05, 4.69) is 27.9 Å². The van der Waals surface area contributed by atoms with Crippen LogP contribution < -0.4 is 5.32 Å². The second kappa shape index (κ2) is 5.37. The summed E-state index contributed by atoms with van der Waals surface area (Å²) >= 11 is 9.32. The molecule has 0 saturated carbocycles. The third kappa shape index (κ3) is 3.20. The molecule has 17 heavy (non-hydrogen) atoms. The first kappa shape index (κ1) is 12.9. The molecular formula is C12H9ClINOS. The van der Waals surface area contributed by atoms with Crippen molar-refractivity contribution in [1.82, 2.24) is 0 Å². The second-order valence-corrected chi connectivity index (χ2v) is 6.48. The summed E-state index contributed by atoms with van der Waals surface area (Å²) in [5.41, 5.74) is 1.88. The van der Waals surface area contributed by atoms with Crippen LogP contribution in [-0.2, 0) is 0 Å². The van der Waals surface area contributed by atoms with Crippen molar-refractivity contribution in [2.45, 2.75) is 6.92 Å². The maximum Gasteiger partial charge on any atom is 0.265 e. The summed E-state index contributed by atoms with van der Waals surface area (Å²) in [6, 6.07) is 9.35. The lowest BCUT2D eigenvalue weighted by Crippen LogP contribution is -2.11. The van der Waals surface area contributed by atoms with E-state index in [1.165, 1.54) is 11.3 Å². The number of carbonyl (C=O) groups excluding carboxylic acids is 1. The van der Waals surface area contributed by atoms with Crippen molar-refractivity contribution < 1.29 is 4.79 Å². The van der Waals surface area contributed by atoms with Gasteiger partial charge >= 0.3 is 0 Å². The molecule has 5 heteroatoms. The van der Waals surface area contributed by atoms with Crippen LogP contribution >= 0.6 is 45.5 Å². The summed E-state index contributed by atoms with van der Waals surface area (Å²) in [5.74, 6) is -0.119. The van der Waals surface area contributed by atoms with Crippen molar-refractivity contribution in [3.63, 3.8) is 0 Å². The molecule has 1 aromatic carbocycles. The molecule has 2 aromatic rings. The molecular weight excluding hydrogens is 369 g/mol. The highest BCUT2D eigenvalue weighted by Gasteiger charge is 2.10. The molecule has 88 valence electrons. The highest BCUT2D eigenvalue weighted by molar-refractivity contribution is 14.1. The summed E-state index contributed by atoms with van der Waals surface area (Å²) < 4.78 is 1.77. The Hall–Kier alpha value is -0.590. The van der Waals surface area contributed by atoms with Crippen molar-refractivity contribution in [3.8, 4) is 0 Å². The Kier molecular flexibility index (Phi) is 4.06. The van der Waals surface area contributed by atoms with Crippen molar-refractivity contribution in [2.75, 3.05) is 5.32 Å². The summed E-state index contributed by atoms with van der Waals surface area (Å²) in [6.07, 6.45) is 0. The van der Waals surface area contributed by atoms with E-state index in [4.69, 9.17) is 11.6 Å². The van der Waals surface area contributed by atoms with Gasteiger partial charge in [0.25, 0.3) is 5.91 Å². The average molecular weight is 378 g/mol. The molecule has 1 N–H and O–H groups in total. The molecule has 2 nitrogen and oxygen atoms in total. The van der Waals surface area contributed by atoms with E-state index in [1.54, 1.807) is 12.1 Å². The van der Waals surface area contributed by atoms with Gasteiger partial charge in [0.05, 0.1) is 9.21 Å². The van der Waals surface area contributed by atoms with E-state index in [0.29, 0.717) is 9.21 Å². The van der Waals surface area contributed by atoms with E-state index < -0.39 is 0 Å². The van der Waals surface area contributed by atoms with Crippen LogP contribution in [0.15, 0.2) is 30.3 Å². The van der Waals surface area contributed by atoms with Crippen molar-refractivity contribution in [1.29, 1.82) is 0 Å². The number of anilines is 1. The number of hydrogen-bond donors (Lipinski definition) is 1. The van der Waals surface area contributed by atoms with Gasteiger partial charge in [0.1, 0.15) is 0 Å². The second-order valence-electron chi connectivity index (χ2n) is 3.52. The zero-order valence-corrected chi connectivity index (χ0v) is 12.7. The summed E-state index contributed by atoms with van der Waals surface area (Å²) in [5, 5.41) is 2.88. The Labute approximate surface area is 122 Å². The molecule has 1 aromatic heterocycles. The molecule has 0 saturated heterocycles. The molecule has 0 bridgehead atoms. The zero-order valence-electron chi connectivity index (χ0n) is 8.96. The number of rotatable bonds is 2. The fourth-order valence-corrected chi connectivity index (χ4v) is 2.97. The van der Waals surface area contributed by atoms with Gasteiger partial charge in [0.2, 0.25) is 0 Å². The van der Waals surface area contributed by atoms with Crippen LogP contribution in [0.2, 0.25) is 4.34 Å². The number of thiophene rings is 1. The van der Waals surface area contributed by atoms with Crippen LogP contribution in [0.3, 0.4) is 0 Å². The molecule has 0 fully saturated rings. The Morgan fingerprint density at radius 2 is 2.12 bits per heavy atom. The topological polar surface area (TPSA) is 29.1 Å². The fourth-order valence-electron chi connectivity index (χ4n) is 1.39. The minimum Gasteiger partial charge on any atom is -0.321 e. The Morgan fingerprint density at radius 1 is 1.35 bits per heavy atom. The normalized spacial score (nSPS) is 10.3. The summed E-state index contributed by atoms with van der Waals surface area (Å²) in [4.78, 5) is 12.5. The Morgan fingerprint density at radius 3 is 2.71 bits per heavy atom. The molecule has 0 atom stereocenters. The molecule has 1 amide bonds. The van der Waals surface area contributed by atoms with Gasteiger partial charge in [-0.05, 0) is 65.4 Å². The molecule has 0 aliphatic rings. The fraction of sp³-hybridized carbons (Fsp3) is 0.0833. The van der Waals surface area contributed by atoms with Crippen LogP contribution in [0.5, 0.6) is 0 Å². The Bertz CT molecular complexity index is 567. The maximum atomic E-state index is 11.9. The molecule has 2 rings (SSSR count). The lowest BCUT2D eigenvalue weighted by molar-refractivity contribution is 0.103. The third-order valence-electron chi connectivity index (χ3n) is 2.23. The van der Waals surface area contributed by atoms with Gasteiger partial charge in [0.15, 0.2) is 0 Å². The highest BCUT2D eigenvalue weighted by atomic mass is 127. The first-order valence-electron chi connectivity index (χ1n) is 4.89. The minimum absolute atomic E-state index is 0.119. The Balaban J connectivity index is 2.18. The SMILES string of the molecule is Cc1cc(I)ccc1NC(=O)c1ccc(Cl)s1. The van der Waals surface area contributed by atoms with Crippen LogP contribution in [0, 0.1) is 10.5 Å². The molecule has 0 aliphatic heterocycles. The highest BCUT2D eigenvalue weighted by Crippen LogP contribution is 2.23. The monoisotopic (exact) mass is 377 g/mol. The number of benzene rings is 1. The standard InChI is InChI=1S/C12H9ClINOS/c1-7-6-8(14)2-3-9(7)15-12(16)10-4-5-11(13)17-10/h2-6H,1H3,(H,15,16). The lowest BCUT2D eigenvalue weighted by Gasteiger charge is -2.07. The first-order valence-corrected chi connectivity index (χ1v) is 7.16. The largest absolute Gasteiger partial charge is 0.321 e. The molecule has 0 radical (unpaired) electrons. The predicted octanol–water partition coefficient (Wildman–Crippen LogP) is 4.57. The van der Waals surface area contributed by atoms with E-state index in [0.717, 1.165) is 14.8 Å². The number of amides is 1. The molecule has 0 spiro atoms. The average Bonchev–Trinajstić information content (AvgIpc) is 2.69. The van der Waals surface area contributed by atoms with Crippen LogP contribution in [0.1, 0.15) is 15.2 Å². The van der Waals surface area contributed by atoms with E-state index in [-0.39, 0.29) is 5.91 Å². The van der Waals surface area contributed by atoms with Gasteiger partial charge in [-0.3, -0.25) is 4.79 Å². The summed E-state index contributed by atoms with van der Waals surface area (Å²) in [6.45, 7) is 1.97. The first-order chi connectivity index (χ1) is 8.06. The van der Waals surface area contributed by atoms with Gasteiger partial charge < -0.3 is 5.32 Å². The zero-order chi connectivity index (χ0) is 12.4. The van der Waals surface area contributed by atoms with Crippen LogP contribution in [0.25, 0.3) is 0 Å². The van der Waals surface area contributed by atoms with E-state index in [9.17, 15) is 4.79 Å². The molecule has 0 aliphatic carbocycles. The quantitative estimate of drug-likeness (QED) is 0.763. The van der Waals surface area contributed by atoms with Gasteiger partial charge in [-0.2, -0.15) is 0 Å². The summed E-state index contributed by atoms with van der Waals surface area (Å²) in [7, 11) is 0. The smallest absolute Gasteiger partial charge is 0.265 e. The number of halogens is 2. The molecule has 1 heterocycles. The van der Waals surface area contributed by atoms with E-state index in [1.807, 2.05) is 25.1 Å². The van der Waals surface area contributed by atoms with Crippen LogP contribution in [-0.4, -0.2) is 5.91 Å². The number of aryl methyl sites for hydroxylation is 1. The van der Waals surface area contributed by atoms with Gasteiger partial charge in [0, 0.05) is 9.26 Å². The van der Waals surface area contributed by atoms with Crippen molar-refractivity contribution in [3.05, 3.63) is 48.7 Å². The third-order valence-corrected chi connectivity index (χ3v) is 4.13. The van der Waals surface area contributed by atoms with Gasteiger partial charge in [-0.1, -0.05) is 11.6 Å². The lowest BCUT2D eigenvalue weighted by atomic mass is 10.2. The van der Waals surface area contributed by atoms with Gasteiger partial charge in [-0.25, -0.2) is 0 Å². The predicted molar refractivity (Wildman–Crippen MR) is 81.2 cm³/mol. The minimum atomic E-state index is -0.119. The number of nitrogens with one attached hydrogen (secondary N) is 1. The van der Waals surface area contributed by atoms with Gasteiger partial charge in [-0.15, -0.1) is 11.3 Å². The van der Waals surface area contributed by atoms with E-state index >= 15 is 0 Å². The molecule has 0 unspecified atom stereocenters. The van der Waals surface area contributed by atoms with Crippen molar-refractivity contribution >= 4 is 57.1 Å². The maximum absolute atomic E-state index is 11.9.